The van der Waals surface area contributed by atoms with E-state index in [4.69, 9.17) is 5.11 Å². The lowest BCUT2D eigenvalue weighted by Gasteiger charge is -2.26. The van der Waals surface area contributed by atoms with Gasteiger partial charge in [0.05, 0.1) is 5.41 Å². The highest BCUT2D eigenvalue weighted by Gasteiger charge is 2.56. The molecule has 1 N–H and O–H groups in total. The lowest BCUT2D eigenvalue weighted by atomic mass is 9.84. The molecule has 2 unspecified atom stereocenters. The minimum atomic E-state index is -0.598. The maximum Gasteiger partial charge on any atom is 0.310 e. The van der Waals surface area contributed by atoms with E-state index in [9.17, 15) is 4.79 Å². The molecule has 0 aromatic carbocycles. The first kappa shape index (κ1) is 7.59. The lowest BCUT2D eigenvalue weighted by molar-refractivity contribution is -0.147. The number of halogens is 1. The van der Waals surface area contributed by atoms with Crippen LogP contribution in [0.15, 0.2) is 0 Å². The van der Waals surface area contributed by atoms with Gasteiger partial charge in [-0.05, 0) is 31.6 Å². The normalized spacial score (nSPS) is 48.1. The van der Waals surface area contributed by atoms with Crippen molar-refractivity contribution in [2.75, 3.05) is 0 Å². The highest BCUT2D eigenvalue weighted by atomic mass is 79.9. The molecule has 0 aliphatic heterocycles. The van der Waals surface area contributed by atoms with Gasteiger partial charge < -0.3 is 5.11 Å². The Morgan fingerprint density at radius 1 is 1.64 bits per heavy atom. The SMILES string of the molecule is O=C(O)C12CCC(C[C@H]1Br)C2. The molecule has 2 saturated carbocycles. The second-order valence-electron chi connectivity index (χ2n) is 3.77. The van der Waals surface area contributed by atoms with Gasteiger partial charge in [0.1, 0.15) is 0 Å². The number of carbonyl (C=O) groups is 1. The van der Waals surface area contributed by atoms with E-state index in [0.29, 0.717) is 5.92 Å². The van der Waals surface area contributed by atoms with Crippen molar-refractivity contribution >= 4 is 21.9 Å². The fourth-order valence-electron chi connectivity index (χ4n) is 2.51. The molecule has 0 heterocycles. The molecule has 2 rings (SSSR count). The molecule has 0 radical (unpaired) electrons. The van der Waals surface area contributed by atoms with Crippen LogP contribution in [0.25, 0.3) is 0 Å². The van der Waals surface area contributed by atoms with Gasteiger partial charge in [-0.1, -0.05) is 15.9 Å². The molecule has 2 aliphatic carbocycles. The fourth-order valence-corrected chi connectivity index (χ4v) is 3.65. The summed E-state index contributed by atoms with van der Waals surface area (Å²) in [5.74, 6) is 0.0786. The van der Waals surface area contributed by atoms with Crippen LogP contribution in [0.3, 0.4) is 0 Å². The van der Waals surface area contributed by atoms with Crippen molar-refractivity contribution in [3.8, 4) is 0 Å². The Bertz CT molecular complexity index is 204. The molecule has 3 atom stereocenters. The van der Waals surface area contributed by atoms with Crippen LogP contribution in [-0.2, 0) is 4.79 Å². The minimum absolute atomic E-state index is 0.228. The van der Waals surface area contributed by atoms with Gasteiger partial charge in [0.2, 0.25) is 0 Å². The number of fused-ring (bicyclic) bond motifs is 2. The number of rotatable bonds is 1. The molecule has 0 saturated heterocycles. The van der Waals surface area contributed by atoms with Crippen molar-refractivity contribution < 1.29 is 9.90 Å². The Hall–Kier alpha value is -0.0500. The van der Waals surface area contributed by atoms with Gasteiger partial charge >= 0.3 is 5.97 Å². The minimum Gasteiger partial charge on any atom is -0.481 e. The third-order valence-electron chi connectivity index (χ3n) is 3.22. The smallest absolute Gasteiger partial charge is 0.310 e. The van der Waals surface area contributed by atoms with Crippen molar-refractivity contribution in [3.05, 3.63) is 0 Å². The summed E-state index contributed by atoms with van der Waals surface area (Å²) < 4.78 is 0. The van der Waals surface area contributed by atoms with Crippen LogP contribution in [0.1, 0.15) is 25.7 Å². The third kappa shape index (κ3) is 0.866. The zero-order chi connectivity index (χ0) is 8.06. The van der Waals surface area contributed by atoms with E-state index in [0.717, 1.165) is 25.7 Å². The van der Waals surface area contributed by atoms with Crippen LogP contribution in [0.4, 0.5) is 0 Å². The maximum absolute atomic E-state index is 11.0. The first-order chi connectivity index (χ1) is 5.15. The molecule has 0 spiro atoms. The molecule has 0 aromatic rings. The maximum atomic E-state index is 11.0. The lowest BCUT2D eigenvalue weighted by Crippen LogP contribution is -2.34. The summed E-state index contributed by atoms with van der Waals surface area (Å²) in [4.78, 5) is 11.2. The topological polar surface area (TPSA) is 37.3 Å². The van der Waals surface area contributed by atoms with Gasteiger partial charge in [-0.25, -0.2) is 0 Å². The molecule has 3 heteroatoms. The van der Waals surface area contributed by atoms with Gasteiger partial charge in [-0.15, -0.1) is 0 Å². The molecule has 2 aliphatic rings. The Kier molecular flexibility index (Phi) is 1.53. The van der Waals surface area contributed by atoms with E-state index < -0.39 is 11.4 Å². The highest BCUT2D eigenvalue weighted by molar-refractivity contribution is 9.09. The predicted octanol–water partition coefficient (Wildman–Crippen LogP) is 2.02. The Labute approximate surface area is 74.1 Å². The number of hydrogen-bond donors (Lipinski definition) is 1. The van der Waals surface area contributed by atoms with E-state index in [1.807, 2.05) is 0 Å². The second kappa shape index (κ2) is 2.22. The Morgan fingerprint density at radius 3 is 2.64 bits per heavy atom. The molecule has 11 heavy (non-hydrogen) atoms. The van der Waals surface area contributed by atoms with Crippen LogP contribution in [0, 0.1) is 11.3 Å². The zero-order valence-electron chi connectivity index (χ0n) is 6.22. The van der Waals surface area contributed by atoms with E-state index in [2.05, 4.69) is 15.9 Å². The van der Waals surface area contributed by atoms with Crippen LogP contribution < -0.4 is 0 Å². The largest absolute Gasteiger partial charge is 0.481 e. The van der Waals surface area contributed by atoms with Gasteiger partial charge in [0.15, 0.2) is 0 Å². The van der Waals surface area contributed by atoms with Gasteiger partial charge in [-0.2, -0.15) is 0 Å². The highest BCUT2D eigenvalue weighted by Crippen LogP contribution is 2.56. The summed E-state index contributed by atoms with van der Waals surface area (Å²) in [6, 6.07) is 0. The first-order valence-corrected chi connectivity index (χ1v) is 4.94. The number of carboxylic acids is 1. The summed E-state index contributed by atoms with van der Waals surface area (Å²) in [6.07, 6.45) is 3.96. The van der Waals surface area contributed by atoms with E-state index in [1.165, 1.54) is 0 Å². The summed E-state index contributed by atoms with van der Waals surface area (Å²) in [5.41, 5.74) is -0.398. The summed E-state index contributed by atoms with van der Waals surface area (Å²) in [6.45, 7) is 0. The van der Waals surface area contributed by atoms with Crippen LogP contribution >= 0.6 is 15.9 Å². The molecule has 2 fully saturated rings. The van der Waals surface area contributed by atoms with Crippen molar-refractivity contribution in [1.82, 2.24) is 0 Å². The molecule has 62 valence electrons. The summed E-state index contributed by atoms with van der Waals surface area (Å²) in [5, 5.41) is 9.03. The molecular formula is C8H11BrO2. The number of alkyl halides is 1. The van der Waals surface area contributed by atoms with Crippen LogP contribution in [-0.4, -0.2) is 15.9 Å². The van der Waals surface area contributed by atoms with E-state index in [1.54, 1.807) is 0 Å². The van der Waals surface area contributed by atoms with Gasteiger partial charge in [0, 0.05) is 4.83 Å². The fraction of sp³-hybridized carbons (Fsp3) is 0.875. The standard InChI is InChI=1S/C8H11BrO2/c9-6-3-5-1-2-8(6,4-5)7(10)11/h5-6H,1-4H2,(H,10,11)/t5?,6-,8?/m1/s1. The zero-order valence-corrected chi connectivity index (χ0v) is 7.80. The van der Waals surface area contributed by atoms with E-state index >= 15 is 0 Å². The van der Waals surface area contributed by atoms with Crippen LogP contribution in [0.5, 0.6) is 0 Å². The van der Waals surface area contributed by atoms with Crippen molar-refractivity contribution in [2.24, 2.45) is 11.3 Å². The monoisotopic (exact) mass is 218 g/mol. The van der Waals surface area contributed by atoms with Crippen molar-refractivity contribution in [2.45, 2.75) is 30.5 Å². The average Bonchev–Trinajstić information content (AvgIpc) is 2.43. The average molecular weight is 219 g/mol. The molecule has 0 amide bonds. The number of aliphatic carboxylic acids is 1. The summed E-state index contributed by atoms with van der Waals surface area (Å²) >= 11 is 3.47. The first-order valence-electron chi connectivity index (χ1n) is 4.02. The van der Waals surface area contributed by atoms with Crippen molar-refractivity contribution in [3.63, 3.8) is 0 Å². The third-order valence-corrected chi connectivity index (χ3v) is 4.47. The van der Waals surface area contributed by atoms with Crippen molar-refractivity contribution in [1.29, 1.82) is 0 Å². The quantitative estimate of drug-likeness (QED) is 0.685. The van der Waals surface area contributed by atoms with Gasteiger partial charge in [0.25, 0.3) is 0 Å². The molecule has 2 nitrogen and oxygen atoms in total. The molecular weight excluding hydrogens is 208 g/mol. The van der Waals surface area contributed by atoms with Gasteiger partial charge in [-0.3, -0.25) is 4.79 Å². The van der Waals surface area contributed by atoms with E-state index in [-0.39, 0.29) is 4.83 Å². The molecule has 0 aromatic heterocycles. The predicted molar refractivity (Wildman–Crippen MR) is 44.7 cm³/mol. The summed E-state index contributed by atoms with van der Waals surface area (Å²) in [7, 11) is 0. The number of hydrogen-bond acceptors (Lipinski definition) is 1. The Balaban J connectivity index is 2.29. The number of carboxylic acid groups (broad SMARTS) is 1. The molecule has 2 bridgehead atoms. The second-order valence-corrected chi connectivity index (χ2v) is 4.88. The Morgan fingerprint density at radius 2 is 2.36 bits per heavy atom. The van der Waals surface area contributed by atoms with Crippen LogP contribution in [0.2, 0.25) is 0 Å².